The number of carboxylic acid groups (broad SMARTS) is 1. The van der Waals surface area contributed by atoms with Gasteiger partial charge >= 0.3 is 5.97 Å². The molecule has 0 fully saturated rings. The molecule has 1 aromatic rings. The Morgan fingerprint density at radius 2 is 2.24 bits per heavy atom. The zero-order valence-corrected chi connectivity index (χ0v) is 9.54. The fourth-order valence-electron chi connectivity index (χ4n) is 1.25. The number of carboxylic acids is 1. The molecule has 1 aromatic heterocycles. The standard InChI is InChI=1S/C11H15N3O3/c1-14(7-8-4-2-3-5-13-8)10(15)6-9(12)11(16)17/h2-5,9H,6-7,12H2,1H3,(H,16,17). The number of aromatic nitrogens is 1. The summed E-state index contributed by atoms with van der Waals surface area (Å²) in [6.07, 6.45) is 1.43. The van der Waals surface area contributed by atoms with Gasteiger partial charge in [0, 0.05) is 13.2 Å². The van der Waals surface area contributed by atoms with Crippen LogP contribution in [0.15, 0.2) is 24.4 Å². The maximum Gasteiger partial charge on any atom is 0.321 e. The molecule has 0 aliphatic carbocycles. The zero-order valence-electron chi connectivity index (χ0n) is 9.54. The Bertz CT molecular complexity index is 394. The third-order valence-electron chi connectivity index (χ3n) is 2.26. The molecule has 0 aliphatic rings. The van der Waals surface area contributed by atoms with E-state index in [1.165, 1.54) is 4.90 Å². The summed E-state index contributed by atoms with van der Waals surface area (Å²) < 4.78 is 0. The van der Waals surface area contributed by atoms with Gasteiger partial charge in [-0.2, -0.15) is 0 Å². The lowest BCUT2D eigenvalue weighted by Crippen LogP contribution is -2.37. The van der Waals surface area contributed by atoms with E-state index in [1.807, 2.05) is 6.07 Å². The Morgan fingerprint density at radius 1 is 1.53 bits per heavy atom. The second-order valence-electron chi connectivity index (χ2n) is 3.72. The molecule has 0 aromatic carbocycles. The van der Waals surface area contributed by atoms with Crippen molar-refractivity contribution in [3.63, 3.8) is 0 Å². The molecular weight excluding hydrogens is 222 g/mol. The summed E-state index contributed by atoms with van der Waals surface area (Å²) >= 11 is 0. The van der Waals surface area contributed by atoms with Crippen LogP contribution in [0.5, 0.6) is 0 Å². The average Bonchev–Trinajstić information content (AvgIpc) is 2.29. The molecule has 1 unspecified atom stereocenters. The van der Waals surface area contributed by atoms with Gasteiger partial charge in [-0.15, -0.1) is 0 Å². The van der Waals surface area contributed by atoms with Crippen LogP contribution in [0.4, 0.5) is 0 Å². The Morgan fingerprint density at radius 3 is 2.76 bits per heavy atom. The summed E-state index contributed by atoms with van der Waals surface area (Å²) in [6.45, 7) is 0.339. The number of aliphatic carboxylic acids is 1. The average molecular weight is 237 g/mol. The van der Waals surface area contributed by atoms with E-state index >= 15 is 0 Å². The molecule has 3 N–H and O–H groups in total. The number of nitrogens with zero attached hydrogens (tertiary/aromatic N) is 2. The van der Waals surface area contributed by atoms with Crippen LogP contribution in [0.1, 0.15) is 12.1 Å². The number of hydrogen-bond acceptors (Lipinski definition) is 4. The van der Waals surface area contributed by atoms with Crippen molar-refractivity contribution in [3.8, 4) is 0 Å². The normalized spacial score (nSPS) is 11.9. The number of amides is 1. The van der Waals surface area contributed by atoms with E-state index in [-0.39, 0.29) is 12.3 Å². The fraction of sp³-hybridized carbons (Fsp3) is 0.364. The third-order valence-corrected chi connectivity index (χ3v) is 2.26. The topological polar surface area (TPSA) is 96.5 Å². The highest BCUT2D eigenvalue weighted by Crippen LogP contribution is 2.02. The lowest BCUT2D eigenvalue weighted by atomic mass is 10.2. The van der Waals surface area contributed by atoms with Gasteiger partial charge < -0.3 is 15.7 Å². The van der Waals surface area contributed by atoms with E-state index in [0.717, 1.165) is 5.69 Å². The first kappa shape index (κ1) is 13.1. The fourth-order valence-corrected chi connectivity index (χ4v) is 1.25. The van der Waals surface area contributed by atoms with Crippen LogP contribution >= 0.6 is 0 Å². The summed E-state index contributed by atoms with van der Waals surface area (Å²) in [5.74, 6) is -1.49. The predicted molar refractivity (Wildman–Crippen MR) is 60.9 cm³/mol. The maximum absolute atomic E-state index is 11.6. The van der Waals surface area contributed by atoms with Gasteiger partial charge in [0.1, 0.15) is 6.04 Å². The first-order valence-corrected chi connectivity index (χ1v) is 5.13. The maximum atomic E-state index is 11.6. The van der Waals surface area contributed by atoms with Crippen molar-refractivity contribution in [2.45, 2.75) is 19.0 Å². The second-order valence-corrected chi connectivity index (χ2v) is 3.72. The SMILES string of the molecule is CN(Cc1ccccn1)C(=O)CC(N)C(=O)O. The van der Waals surface area contributed by atoms with Crippen LogP contribution in [0.3, 0.4) is 0 Å². The largest absolute Gasteiger partial charge is 0.480 e. The molecule has 1 amide bonds. The van der Waals surface area contributed by atoms with Crippen molar-refractivity contribution in [2.24, 2.45) is 5.73 Å². The molecule has 0 aliphatic heterocycles. The molecule has 17 heavy (non-hydrogen) atoms. The minimum Gasteiger partial charge on any atom is -0.480 e. The summed E-state index contributed by atoms with van der Waals surface area (Å²) in [7, 11) is 1.59. The van der Waals surface area contributed by atoms with Crippen LogP contribution in [0.2, 0.25) is 0 Å². The first-order valence-electron chi connectivity index (χ1n) is 5.13. The molecule has 6 nitrogen and oxygen atoms in total. The van der Waals surface area contributed by atoms with Gasteiger partial charge in [0.25, 0.3) is 0 Å². The van der Waals surface area contributed by atoms with Crippen LogP contribution in [0, 0.1) is 0 Å². The van der Waals surface area contributed by atoms with Crippen molar-refractivity contribution in [2.75, 3.05) is 7.05 Å². The van der Waals surface area contributed by atoms with E-state index in [1.54, 1.807) is 25.4 Å². The Hall–Kier alpha value is -1.95. The van der Waals surface area contributed by atoms with Crippen LogP contribution < -0.4 is 5.73 Å². The van der Waals surface area contributed by atoms with Crippen molar-refractivity contribution < 1.29 is 14.7 Å². The van der Waals surface area contributed by atoms with Gasteiger partial charge in [0.05, 0.1) is 18.7 Å². The minimum absolute atomic E-state index is 0.210. The Labute approximate surface area is 99.1 Å². The van der Waals surface area contributed by atoms with Crippen LogP contribution in [-0.4, -0.2) is 40.0 Å². The molecule has 92 valence electrons. The predicted octanol–water partition coefficient (Wildman–Crippen LogP) is -0.158. The number of carbonyl (C=O) groups excluding carboxylic acids is 1. The molecule has 1 rings (SSSR count). The Kier molecular flexibility index (Phi) is 4.59. The summed E-state index contributed by atoms with van der Waals surface area (Å²) in [4.78, 5) is 27.6. The molecule has 0 spiro atoms. The summed E-state index contributed by atoms with van der Waals surface area (Å²) in [5.41, 5.74) is 6.03. The highest BCUT2D eigenvalue weighted by molar-refractivity contribution is 5.84. The Balaban J connectivity index is 2.50. The molecule has 1 heterocycles. The number of carbonyl (C=O) groups is 2. The van der Waals surface area contributed by atoms with Gasteiger partial charge in [-0.05, 0) is 12.1 Å². The summed E-state index contributed by atoms with van der Waals surface area (Å²) in [6, 6.07) is 4.24. The molecule has 0 saturated carbocycles. The second kappa shape index (κ2) is 5.95. The van der Waals surface area contributed by atoms with Gasteiger partial charge in [0.15, 0.2) is 0 Å². The van der Waals surface area contributed by atoms with Crippen molar-refractivity contribution in [3.05, 3.63) is 30.1 Å². The van der Waals surface area contributed by atoms with Gasteiger partial charge in [-0.25, -0.2) is 0 Å². The van der Waals surface area contributed by atoms with Crippen LogP contribution in [0.25, 0.3) is 0 Å². The van der Waals surface area contributed by atoms with Crippen molar-refractivity contribution in [1.29, 1.82) is 0 Å². The number of hydrogen-bond donors (Lipinski definition) is 2. The molecule has 1 atom stereocenters. The van der Waals surface area contributed by atoms with E-state index < -0.39 is 12.0 Å². The van der Waals surface area contributed by atoms with Crippen molar-refractivity contribution in [1.82, 2.24) is 9.88 Å². The van der Waals surface area contributed by atoms with Crippen molar-refractivity contribution >= 4 is 11.9 Å². The lowest BCUT2D eigenvalue weighted by molar-refractivity contribution is -0.142. The number of rotatable bonds is 5. The highest BCUT2D eigenvalue weighted by Gasteiger charge is 2.19. The van der Waals surface area contributed by atoms with Gasteiger partial charge in [-0.1, -0.05) is 6.07 Å². The van der Waals surface area contributed by atoms with Gasteiger partial charge in [-0.3, -0.25) is 14.6 Å². The summed E-state index contributed by atoms with van der Waals surface area (Å²) in [5, 5.41) is 8.59. The quantitative estimate of drug-likeness (QED) is 0.741. The smallest absolute Gasteiger partial charge is 0.321 e. The molecular formula is C11H15N3O3. The number of pyridine rings is 1. The first-order chi connectivity index (χ1) is 8.00. The molecule has 0 bridgehead atoms. The van der Waals surface area contributed by atoms with E-state index in [9.17, 15) is 9.59 Å². The zero-order chi connectivity index (χ0) is 12.8. The minimum atomic E-state index is -1.18. The number of nitrogens with two attached hydrogens (primary N) is 1. The molecule has 6 heteroatoms. The lowest BCUT2D eigenvalue weighted by Gasteiger charge is -2.17. The third kappa shape index (κ3) is 4.20. The molecule has 0 radical (unpaired) electrons. The van der Waals surface area contributed by atoms with E-state index in [4.69, 9.17) is 10.8 Å². The van der Waals surface area contributed by atoms with E-state index in [0.29, 0.717) is 6.54 Å². The van der Waals surface area contributed by atoms with Crippen LogP contribution in [-0.2, 0) is 16.1 Å². The van der Waals surface area contributed by atoms with Gasteiger partial charge in [0.2, 0.25) is 5.91 Å². The molecule has 0 saturated heterocycles. The monoisotopic (exact) mass is 237 g/mol. The van der Waals surface area contributed by atoms with E-state index in [2.05, 4.69) is 4.98 Å². The highest BCUT2D eigenvalue weighted by atomic mass is 16.4.